The summed E-state index contributed by atoms with van der Waals surface area (Å²) in [6.45, 7) is 1.84. The number of rotatable bonds is 17. The first kappa shape index (κ1) is 29.6. The Morgan fingerprint density at radius 3 is 2.06 bits per heavy atom. The largest absolute Gasteiger partial charge is 0.480 e. The number of nitrogens with one attached hydrogen (secondary N) is 3. The lowest BCUT2D eigenvalue weighted by atomic mass is 10.1. The summed E-state index contributed by atoms with van der Waals surface area (Å²) >= 11 is 1.46. The molecule has 0 saturated carbocycles. The highest BCUT2D eigenvalue weighted by molar-refractivity contribution is 7.98. The van der Waals surface area contributed by atoms with Crippen molar-refractivity contribution in [2.75, 3.05) is 18.6 Å². The minimum atomic E-state index is -1.17. The molecule has 0 aliphatic carbocycles. The third-order valence-corrected chi connectivity index (χ3v) is 5.24. The summed E-state index contributed by atoms with van der Waals surface area (Å²) in [5.74, 6) is -3.10. The molecule has 0 aliphatic rings. The molecule has 10 N–H and O–H groups in total. The van der Waals surface area contributed by atoms with Crippen LogP contribution in [0.25, 0.3) is 0 Å². The lowest BCUT2D eigenvalue weighted by Crippen LogP contribution is -2.56. The fraction of sp³-hybridized carbons (Fsp3) is 0.737. The van der Waals surface area contributed by atoms with Crippen molar-refractivity contribution in [1.29, 1.82) is 0 Å². The Morgan fingerprint density at radius 2 is 1.53 bits per heavy atom. The van der Waals surface area contributed by atoms with Gasteiger partial charge in [0.25, 0.3) is 0 Å². The summed E-state index contributed by atoms with van der Waals surface area (Å²) in [4.78, 5) is 59.5. The van der Waals surface area contributed by atoms with Crippen LogP contribution >= 0.6 is 11.8 Å². The predicted molar refractivity (Wildman–Crippen MR) is 121 cm³/mol. The molecule has 0 spiro atoms. The van der Waals surface area contributed by atoms with Crippen LogP contribution in [0, 0.1) is 0 Å². The first-order valence-corrected chi connectivity index (χ1v) is 11.8. The van der Waals surface area contributed by atoms with Gasteiger partial charge in [-0.15, -0.1) is 0 Å². The van der Waals surface area contributed by atoms with Crippen molar-refractivity contribution in [3.8, 4) is 0 Å². The molecule has 0 bridgehead atoms. The Balaban J connectivity index is 4.98. The summed E-state index contributed by atoms with van der Waals surface area (Å²) < 4.78 is 0. The van der Waals surface area contributed by atoms with Crippen molar-refractivity contribution >= 4 is 41.4 Å². The predicted octanol–water partition coefficient (Wildman–Crippen LogP) is -1.98. The molecule has 0 saturated heterocycles. The zero-order valence-electron chi connectivity index (χ0n) is 18.6. The number of hydrogen-bond donors (Lipinski definition) is 7. The Hall–Kier alpha value is -2.38. The van der Waals surface area contributed by atoms with E-state index in [1.807, 2.05) is 6.26 Å². The van der Waals surface area contributed by atoms with Crippen LogP contribution in [0.15, 0.2) is 0 Å². The van der Waals surface area contributed by atoms with Gasteiger partial charge in [0.1, 0.15) is 18.1 Å². The molecule has 32 heavy (non-hydrogen) atoms. The quantitative estimate of drug-likeness (QED) is 0.115. The van der Waals surface area contributed by atoms with Gasteiger partial charge in [-0.3, -0.25) is 19.2 Å². The van der Waals surface area contributed by atoms with Crippen LogP contribution in [0.5, 0.6) is 0 Å². The Labute approximate surface area is 192 Å². The molecule has 0 rings (SSSR count). The second-order valence-electron chi connectivity index (χ2n) is 7.37. The minimum absolute atomic E-state index is 0.0367. The number of hydrogen-bond acceptors (Lipinski definition) is 8. The van der Waals surface area contributed by atoms with Gasteiger partial charge in [0, 0.05) is 6.42 Å². The number of primary amides is 1. The molecule has 0 fully saturated rings. The first-order chi connectivity index (χ1) is 15.0. The standard InChI is InChI=1S/C19H36N6O6S/c1-11(23-17(28)12(21)6-7-15(22)26)16(27)24-13(8-10-32-2)18(29)25-14(19(30)31)5-3-4-9-20/h11-14H,3-10,20-21H2,1-2H3,(H2,22,26)(H,23,28)(H,24,27)(H,25,29)(H,30,31). The molecule has 184 valence electrons. The molecule has 0 aromatic heterocycles. The van der Waals surface area contributed by atoms with Gasteiger partial charge >= 0.3 is 5.97 Å². The highest BCUT2D eigenvalue weighted by atomic mass is 32.2. The number of carboxylic acids is 1. The van der Waals surface area contributed by atoms with Crippen molar-refractivity contribution in [1.82, 2.24) is 16.0 Å². The van der Waals surface area contributed by atoms with Crippen molar-refractivity contribution in [3.05, 3.63) is 0 Å². The molecular weight excluding hydrogens is 440 g/mol. The van der Waals surface area contributed by atoms with E-state index in [4.69, 9.17) is 17.2 Å². The van der Waals surface area contributed by atoms with Gasteiger partial charge in [-0.05, 0) is 57.6 Å². The van der Waals surface area contributed by atoms with Crippen molar-refractivity contribution < 1.29 is 29.1 Å². The number of thioether (sulfide) groups is 1. The van der Waals surface area contributed by atoms with Crippen LogP contribution in [0.3, 0.4) is 0 Å². The second-order valence-corrected chi connectivity index (χ2v) is 8.35. The third kappa shape index (κ3) is 12.5. The Morgan fingerprint density at radius 1 is 0.906 bits per heavy atom. The molecule has 0 aromatic rings. The zero-order valence-corrected chi connectivity index (χ0v) is 19.4. The van der Waals surface area contributed by atoms with E-state index in [1.54, 1.807) is 0 Å². The molecule has 4 amide bonds. The smallest absolute Gasteiger partial charge is 0.326 e. The Kier molecular flexibility index (Phi) is 15.1. The van der Waals surface area contributed by atoms with E-state index >= 15 is 0 Å². The molecule has 0 aromatic carbocycles. The molecule has 13 heteroatoms. The van der Waals surface area contributed by atoms with Crippen LogP contribution in [-0.2, 0) is 24.0 Å². The van der Waals surface area contributed by atoms with Gasteiger partial charge in [-0.2, -0.15) is 11.8 Å². The average molecular weight is 477 g/mol. The maximum atomic E-state index is 12.7. The number of nitrogens with two attached hydrogens (primary N) is 3. The van der Waals surface area contributed by atoms with Gasteiger partial charge in [0.05, 0.1) is 6.04 Å². The van der Waals surface area contributed by atoms with E-state index < -0.39 is 53.8 Å². The average Bonchev–Trinajstić information content (AvgIpc) is 2.73. The zero-order chi connectivity index (χ0) is 24.7. The van der Waals surface area contributed by atoms with Gasteiger partial charge in [0.2, 0.25) is 23.6 Å². The fourth-order valence-corrected chi connectivity index (χ4v) is 3.11. The summed E-state index contributed by atoms with van der Waals surface area (Å²) in [7, 11) is 0. The molecular formula is C19H36N6O6S. The maximum Gasteiger partial charge on any atom is 0.326 e. The maximum absolute atomic E-state index is 12.7. The van der Waals surface area contributed by atoms with E-state index in [2.05, 4.69) is 16.0 Å². The Bertz CT molecular complexity index is 650. The van der Waals surface area contributed by atoms with E-state index in [0.717, 1.165) is 0 Å². The number of unbranched alkanes of at least 4 members (excludes halogenated alkanes) is 1. The topological polar surface area (TPSA) is 220 Å². The van der Waals surface area contributed by atoms with Gasteiger partial charge in [-0.1, -0.05) is 0 Å². The normalized spacial score (nSPS) is 14.5. The van der Waals surface area contributed by atoms with Crippen molar-refractivity contribution in [2.24, 2.45) is 17.2 Å². The minimum Gasteiger partial charge on any atom is -0.480 e. The van der Waals surface area contributed by atoms with Crippen LogP contribution in [0.1, 0.15) is 45.4 Å². The van der Waals surface area contributed by atoms with Gasteiger partial charge in [0.15, 0.2) is 0 Å². The van der Waals surface area contributed by atoms with Gasteiger partial charge in [-0.25, -0.2) is 4.79 Å². The SMILES string of the molecule is CSCCC(NC(=O)C(C)NC(=O)C(N)CCC(N)=O)C(=O)NC(CCCCN)C(=O)O. The lowest BCUT2D eigenvalue weighted by molar-refractivity contribution is -0.142. The summed E-state index contributed by atoms with van der Waals surface area (Å²) in [6, 6.07) is -4.10. The van der Waals surface area contributed by atoms with E-state index in [0.29, 0.717) is 25.1 Å². The number of carbonyl (C=O) groups excluding carboxylic acids is 4. The molecule has 12 nitrogen and oxygen atoms in total. The van der Waals surface area contributed by atoms with Crippen LogP contribution in [-0.4, -0.2) is 77.4 Å². The summed E-state index contributed by atoms with van der Waals surface area (Å²) in [5, 5.41) is 16.8. The number of carbonyl (C=O) groups is 5. The summed E-state index contributed by atoms with van der Waals surface area (Å²) in [6.07, 6.45) is 3.46. The van der Waals surface area contributed by atoms with E-state index in [-0.39, 0.29) is 25.7 Å². The molecule has 0 heterocycles. The first-order valence-electron chi connectivity index (χ1n) is 10.4. The lowest BCUT2D eigenvalue weighted by Gasteiger charge is -2.23. The van der Waals surface area contributed by atoms with Crippen LogP contribution in [0.2, 0.25) is 0 Å². The van der Waals surface area contributed by atoms with Crippen molar-refractivity contribution in [3.63, 3.8) is 0 Å². The van der Waals surface area contributed by atoms with Crippen molar-refractivity contribution in [2.45, 2.75) is 69.6 Å². The van der Waals surface area contributed by atoms with Crippen LogP contribution < -0.4 is 33.2 Å². The highest BCUT2D eigenvalue weighted by Gasteiger charge is 2.28. The van der Waals surface area contributed by atoms with Crippen LogP contribution in [0.4, 0.5) is 0 Å². The highest BCUT2D eigenvalue weighted by Crippen LogP contribution is 2.06. The molecule has 4 atom stereocenters. The number of aliphatic carboxylic acids is 1. The fourth-order valence-electron chi connectivity index (χ4n) is 2.64. The number of carboxylic acid groups (broad SMARTS) is 1. The van der Waals surface area contributed by atoms with E-state index in [9.17, 15) is 29.1 Å². The molecule has 4 unspecified atom stereocenters. The monoisotopic (exact) mass is 476 g/mol. The number of amides is 4. The van der Waals surface area contributed by atoms with Gasteiger partial charge < -0.3 is 38.3 Å². The van der Waals surface area contributed by atoms with E-state index in [1.165, 1.54) is 18.7 Å². The molecule has 0 aliphatic heterocycles. The molecule has 0 radical (unpaired) electrons. The summed E-state index contributed by atoms with van der Waals surface area (Å²) in [5.41, 5.74) is 16.1. The third-order valence-electron chi connectivity index (χ3n) is 4.60. The second kappa shape index (κ2) is 16.3.